The van der Waals surface area contributed by atoms with E-state index in [2.05, 4.69) is 31.0 Å². The molecule has 13 heavy (non-hydrogen) atoms. The number of H-pyrrole nitrogens is 1. The lowest BCUT2D eigenvalue weighted by atomic mass is 10.3. The number of aromatic nitrogens is 4. The van der Waals surface area contributed by atoms with Gasteiger partial charge in [-0.3, -0.25) is 4.79 Å². The van der Waals surface area contributed by atoms with Gasteiger partial charge < -0.3 is 4.98 Å². The first-order chi connectivity index (χ1) is 6.09. The van der Waals surface area contributed by atoms with Crippen molar-refractivity contribution >= 4 is 21.7 Å². The number of nitrogens with zero attached hydrogens (tertiary/aromatic N) is 3. The second-order valence-electron chi connectivity index (χ2n) is 2.80. The van der Waals surface area contributed by atoms with E-state index in [0.717, 1.165) is 5.69 Å². The topological polar surface area (TPSA) is 63.1 Å². The molecule has 0 unspecified atom stereocenters. The molecule has 0 aliphatic rings. The molecule has 0 radical (unpaired) electrons. The second-order valence-corrected chi connectivity index (χ2v) is 3.51. The number of hydrogen-bond donors (Lipinski definition) is 1. The molecule has 0 aliphatic carbocycles. The molecule has 5 nitrogen and oxygen atoms in total. The van der Waals surface area contributed by atoms with Crippen LogP contribution in [0.15, 0.2) is 9.53 Å². The van der Waals surface area contributed by atoms with E-state index in [1.54, 1.807) is 6.92 Å². The number of nitrogens with one attached hydrogen (secondary N) is 1. The number of aryl methyl sites for hydroxylation is 1. The molecule has 0 saturated heterocycles. The van der Waals surface area contributed by atoms with Crippen molar-refractivity contribution in [3.63, 3.8) is 0 Å². The fourth-order valence-electron chi connectivity index (χ4n) is 1.09. The molecule has 0 amide bonds. The number of rotatable bonds is 0. The molecule has 1 N–H and O–H groups in total. The summed E-state index contributed by atoms with van der Waals surface area (Å²) in [6, 6.07) is 0. The van der Waals surface area contributed by atoms with E-state index < -0.39 is 0 Å². The highest BCUT2D eigenvalue weighted by atomic mass is 79.9. The third-order valence-corrected chi connectivity index (χ3v) is 2.29. The van der Waals surface area contributed by atoms with Crippen molar-refractivity contribution in [3.8, 4) is 0 Å². The van der Waals surface area contributed by atoms with Crippen LogP contribution in [0.3, 0.4) is 0 Å². The molecule has 2 aromatic rings. The predicted molar refractivity (Wildman–Crippen MR) is 50.8 cm³/mol. The predicted octanol–water partition coefficient (Wildman–Crippen LogP) is 0.797. The summed E-state index contributed by atoms with van der Waals surface area (Å²) in [5.74, 6) is 0.458. The van der Waals surface area contributed by atoms with E-state index in [4.69, 9.17) is 0 Å². The van der Waals surface area contributed by atoms with Crippen LogP contribution >= 0.6 is 15.9 Å². The maximum absolute atomic E-state index is 11.6. The third kappa shape index (κ3) is 1.17. The first-order valence-corrected chi connectivity index (χ1v) is 4.50. The van der Waals surface area contributed by atoms with E-state index in [1.165, 1.54) is 4.52 Å². The van der Waals surface area contributed by atoms with Gasteiger partial charge in [0.1, 0.15) is 0 Å². The van der Waals surface area contributed by atoms with Crippen LogP contribution in [0.5, 0.6) is 0 Å². The van der Waals surface area contributed by atoms with Gasteiger partial charge in [0.05, 0.1) is 0 Å². The maximum atomic E-state index is 11.6. The van der Waals surface area contributed by atoms with Gasteiger partial charge in [0.2, 0.25) is 10.5 Å². The molecule has 0 aromatic carbocycles. The summed E-state index contributed by atoms with van der Waals surface area (Å²) in [5, 5.41) is 3.89. The van der Waals surface area contributed by atoms with Crippen molar-refractivity contribution in [2.24, 2.45) is 0 Å². The van der Waals surface area contributed by atoms with E-state index in [9.17, 15) is 4.79 Å². The SMILES string of the molecule is Cc1[nH]c2nc(Br)nn2c(=O)c1C. The molecule has 2 aromatic heterocycles. The molecular formula is C7H7BrN4O. The van der Waals surface area contributed by atoms with Crippen molar-refractivity contribution in [2.75, 3.05) is 0 Å². The van der Waals surface area contributed by atoms with Gasteiger partial charge in [-0.1, -0.05) is 0 Å². The van der Waals surface area contributed by atoms with Gasteiger partial charge in [-0.05, 0) is 29.8 Å². The Morgan fingerprint density at radius 3 is 2.85 bits per heavy atom. The average molecular weight is 243 g/mol. The third-order valence-electron chi connectivity index (χ3n) is 1.96. The Bertz CT molecular complexity index is 527. The van der Waals surface area contributed by atoms with Crippen LogP contribution < -0.4 is 5.56 Å². The van der Waals surface area contributed by atoms with E-state index in [0.29, 0.717) is 16.1 Å². The molecule has 2 rings (SSSR count). The standard InChI is InChI=1S/C7H7BrN4O/c1-3-4(2)9-7-10-6(8)11-12(7)5(3)13/h1-2H3,(H,9,10,11). The van der Waals surface area contributed by atoms with E-state index >= 15 is 0 Å². The van der Waals surface area contributed by atoms with Crippen molar-refractivity contribution in [2.45, 2.75) is 13.8 Å². The molecular weight excluding hydrogens is 236 g/mol. The minimum Gasteiger partial charge on any atom is -0.327 e. The van der Waals surface area contributed by atoms with Gasteiger partial charge in [0.15, 0.2) is 0 Å². The van der Waals surface area contributed by atoms with Crippen molar-refractivity contribution in [1.82, 2.24) is 19.6 Å². The average Bonchev–Trinajstić information content (AvgIpc) is 2.42. The highest BCUT2D eigenvalue weighted by Crippen LogP contribution is 2.04. The van der Waals surface area contributed by atoms with Gasteiger partial charge in [-0.15, -0.1) is 5.10 Å². The van der Waals surface area contributed by atoms with Crippen molar-refractivity contribution in [3.05, 3.63) is 26.3 Å². The molecule has 0 aliphatic heterocycles. The van der Waals surface area contributed by atoms with Crippen LogP contribution in [-0.2, 0) is 0 Å². The number of halogens is 1. The lowest BCUT2D eigenvalue weighted by Crippen LogP contribution is -2.19. The van der Waals surface area contributed by atoms with Crippen LogP contribution in [0.4, 0.5) is 0 Å². The first-order valence-electron chi connectivity index (χ1n) is 3.71. The zero-order chi connectivity index (χ0) is 9.59. The highest BCUT2D eigenvalue weighted by Gasteiger charge is 2.07. The van der Waals surface area contributed by atoms with Crippen LogP contribution in [0, 0.1) is 13.8 Å². The van der Waals surface area contributed by atoms with Gasteiger partial charge in [-0.25, -0.2) is 0 Å². The molecule has 2 heterocycles. The zero-order valence-corrected chi connectivity index (χ0v) is 8.71. The summed E-state index contributed by atoms with van der Waals surface area (Å²) >= 11 is 3.11. The van der Waals surface area contributed by atoms with Crippen LogP contribution in [0.25, 0.3) is 5.78 Å². The lowest BCUT2D eigenvalue weighted by Gasteiger charge is -1.98. The summed E-state index contributed by atoms with van der Waals surface area (Å²) in [6.45, 7) is 3.59. The van der Waals surface area contributed by atoms with Gasteiger partial charge in [0.25, 0.3) is 5.56 Å². The molecule has 0 bridgehead atoms. The normalized spacial score (nSPS) is 11.0. The minimum atomic E-state index is -0.135. The van der Waals surface area contributed by atoms with E-state index in [1.807, 2.05) is 6.92 Å². The largest absolute Gasteiger partial charge is 0.327 e. The van der Waals surface area contributed by atoms with Gasteiger partial charge in [-0.2, -0.15) is 9.50 Å². The summed E-state index contributed by atoms with van der Waals surface area (Å²) in [7, 11) is 0. The van der Waals surface area contributed by atoms with Crippen LogP contribution in [-0.4, -0.2) is 19.6 Å². The Hall–Kier alpha value is -1.17. The number of fused-ring (bicyclic) bond motifs is 1. The second kappa shape index (κ2) is 2.66. The molecule has 0 fully saturated rings. The molecule has 68 valence electrons. The lowest BCUT2D eigenvalue weighted by molar-refractivity contribution is 0.865. The van der Waals surface area contributed by atoms with Gasteiger partial charge >= 0.3 is 0 Å². The maximum Gasteiger partial charge on any atom is 0.278 e. The first kappa shape index (κ1) is 8.43. The number of hydrogen-bond acceptors (Lipinski definition) is 3. The minimum absolute atomic E-state index is 0.135. The van der Waals surface area contributed by atoms with Crippen molar-refractivity contribution < 1.29 is 0 Å². The zero-order valence-electron chi connectivity index (χ0n) is 7.13. The summed E-state index contributed by atoms with van der Waals surface area (Å²) in [5.41, 5.74) is 1.34. The quantitative estimate of drug-likeness (QED) is 0.744. The van der Waals surface area contributed by atoms with Crippen LogP contribution in [0.1, 0.15) is 11.3 Å². The fourth-order valence-corrected chi connectivity index (χ4v) is 1.42. The molecule has 0 atom stereocenters. The number of aromatic amines is 1. The van der Waals surface area contributed by atoms with E-state index in [-0.39, 0.29) is 5.56 Å². The summed E-state index contributed by atoms with van der Waals surface area (Å²) in [4.78, 5) is 18.5. The van der Waals surface area contributed by atoms with Crippen LogP contribution in [0.2, 0.25) is 0 Å². The molecule has 0 spiro atoms. The van der Waals surface area contributed by atoms with Gasteiger partial charge in [0, 0.05) is 11.3 Å². The fraction of sp³-hybridized carbons (Fsp3) is 0.286. The Balaban J connectivity index is 3.01. The highest BCUT2D eigenvalue weighted by molar-refractivity contribution is 9.10. The Morgan fingerprint density at radius 1 is 1.46 bits per heavy atom. The molecule has 0 saturated carbocycles. The van der Waals surface area contributed by atoms with Crippen molar-refractivity contribution in [1.29, 1.82) is 0 Å². The summed E-state index contributed by atoms with van der Waals surface area (Å²) in [6.07, 6.45) is 0. The Kier molecular flexibility index (Phi) is 1.73. The monoisotopic (exact) mass is 242 g/mol. The Labute approximate surface area is 81.9 Å². The molecule has 6 heteroatoms. The summed E-state index contributed by atoms with van der Waals surface area (Å²) < 4.78 is 1.65. The Morgan fingerprint density at radius 2 is 2.15 bits per heavy atom. The smallest absolute Gasteiger partial charge is 0.278 e.